The van der Waals surface area contributed by atoms with E-state index in [0.717, 1.165) is 46.0 Å². The van der Waals surface area contributed by atoms with Gasteiger partial charge in [-0.2, -0.15) is 0 Å². The summed E-state index contributed by atoms with van der Waals surface area (Å²) in [6.07, 6.45) is 3.41. The second kappa shape index (κ2) is 8.87. The van der Waals surface area contributed by atoms with Crippen LogP contribution in [0.25, 0.3) is 11.3 Å². The number of anilines is 2. The van der Waals surface area contributed by atoms with E-state index in [4.69, 9.17) is 0 Å². The van der Waals surface area contributed by atoms with Crippen LogP contribution >= 0.6 is 22.6 Å². The largest absolute Gasteiger partial charge is 0.354 e. The van der Waals surface area contributed by atoms with E-state index < -0.39 is 0 Å². The molecule has 3 aromatic rings. The van der Waals surface area contributed by atoms with Crippen molar-refractivity contribution in [2.45, 2.75) is 13.0 Å². The van der Waals surface area contributed by atoms with E-state index in [1.807, 2.05) is 48.5 Å². The number of hydrogen-bond donors (Lipinski definition) is 2. The highest BCUT2D eigenvalue weighted by Crippen LogP contribution is 2.27. The number of pyridine rings is 2. The third kappa shape index (κ3) is 4.73. The summed E-state index contributed by atoms with van der Waals surface area (Å²) < 4.78 is 1.08. The molecule has 1 fully saturated rings. The Morgan fingerprint density at radius 2 is 2.10 bits per heavy atom. The Bertz CT molecular complexity index is 994. The third-order valence-electron chi connectivity index (χ3n) is 4.87. The van der Waals surface area contributed by atoms with Gasteiger partial charge in [0.1, 0.15) is 5.82 Å². The molecule has 1 atom stereocenters. The number of nitrogens with zero attached hydrogens (tertiary/aromatic N) is 3. The molecule has 1 aliphatic heterocycles. The van der Waals surface area contributed by atoms with E-state index in [0.29, 0.717) is 11.6 Å². The number of halogens is 1. The molecule has 4 rings (SSSR count). The van der Waals surface area contributed by atoms with Gasteiger partial charge >= 0.3 is 0 Å². The van der Waals surface area contributed by atoms with Crippen molar-refractivity contribution in [3.8, 4) is 11.3 Å². The second-order valence-electron chi connectivity index (χ2n) is 7.07. The first-order chi connectivity index (χ1) is 14.1. The maximum Gasteiger partial charge on any atom is 0.257 e. The van der Waals surface area contributed by atoms with Crippen LogP contribution in [0.15, 0.2) is 60.9 Å². The summed E-state index contributed by atoms with van der Waals surface area (Å²) in [5.41, 5.74) is 3.14. The first-order valence-corrected chi connectivity index (χ1v) is 10.6. The van der Waals surface area contributed by atoms with Crippen molar-refractivity contribution in [3.63, 3.8) is 0 Å². The van der Waals surface area contributed by atoms with Crippen LogP contribution in [0.1, 0.15) is 17.3 Å². The fourth-order valence-corrected chi connectivity index (χ4v) is 3.98. The van der Waals surface area contributed by atoms with Crippen molar-refractivity contribution in [2.75, 3.05) is 29.9 Å². The van der Waals surface area contributed by atoms with Gasteiger partial charge in [-0.1, -0.05) is 6.07 Å². The summed E-state index contributed by atoms with van der Waals surface area (Å²) in [7, 11) is 0. The molecule has 6 nitrogen and oxygen atoms in total. The molecule has 29 heavy (non-hydrogen) atoms. The number of piperazine rings is 1. The van der Waals surface area contributed by atoms with E-state index in [1.54, 1.807) is 12.4 Å². The number of carbonyl (C=O) groups excluding carboxylic acids is 1. The lowest BCUT2D eigenvalue weighted by atomic mass is 10.1. The van der Waals surface area contributed by atoms with Crippen molar-refractivity contribution >= 4 is 40.0 Å². The molecule has 2 N–H and O–H groups in total. The first-order valence-electron chi connectivity index (χ1n) is 9.57. The summed E-state index contributed by atoms with van der Waals surface area (Å²) >= 11 is 2.28. The minimum absolute atomic E-state index is 0.175. The Morgan fingerprint density at radius 1 is 1.21 bits per heavy atom. The minimum Gasteiger partial charge on any atom is -0.354 e. The van der Waals surface area contributed by atoms with Gasteiger partial charge in [0.15, 0.2) is 0 Å². The zero-order chi connectivity index (χ0) is 20.2. The minimum atomic E-state index is -0.175. The molecule has 7 heteroatoms. The summed E-state index contributed by atoms with van der Waals surface area (Å²) in [6.45, 7) is 4.93. The summed E-state index contributed by atoms with van der Waals surface area (Å²) in [4.78, 5) is 23.8. The van der Waals surface area contributed by atoms with Gasteiger partial charge in [0.25, 0.3) is 5.91 Å². The van der Waals surface area contributed by atoms with Gasteiger partial charge in [-0.25, -0.2) is 4.98 Å². The van der Waals surface area contributed by atoms with Crippen LogP contribution in [0.5, 0.6) is 0 Å². The SMILES string of the molecule is C[C@@H]1CN(c2ccc(C(=O)Nc3ccc(I)c(-c4ccccn4)c3)cn2)CCN1. The number of hydrogen-bond acceptors (Lipinski definition) is 5. The summed E-state index contributed by atoms with van der Waals surface area (Å²) in [5, 5.41) is 6.39. The van der Waals surface area contributed by atoms with Gasteiger partial charge in [-0.05, 0) is 72.0 Å². The zero-order valence-electron chi connectivity index (χ0n) is 16.1. The number of amides is 1. The fraction of sp³-hybridized carbons (Fsp3) is 0.227. The Hall–Kier alpha value is -2.52. The highest BCUT2D eigenvalue weighted by atomic mass is 127. The van der Waals surface area contributed by atoms with Gasteiger partial charge in [0.2, 0.25) is 0 Å². The van der Waals surface area contributed by atoms with Crippen LogP contribution in [-0.2, 0) is 0 Å². The molecule has 0 aliphatic carbocycles. The molecular weight excluding hydrogens is 477 g/mol. The second-order valence-corrected chi connectivity index (χ2v) is 8.23. The van der Waals surface area contributed by atoms with Crippen LogP contribution < -0.4 is 15.5 Å². The number of carbonyl (C=O) groups is 1. The van der Waals surface area contributed by atoms with Gasteiger partial charge in [-0.3, -0.25) is 9.78 Å². The van der Waals surface area contributed by atoms with Crippen molar-refractivity contribution in [3.05, 3.63) is 70.1 Å². The van der Waals surface area contributed by atoms with E-state index in [1.165, 1.54) is 0 Å². The van der Waals surface area contributed by atoms with Crippen molar-refractivity contribution in [1.82, 2.24) is 15.3 Å². The molecule has 0 saturated carbocycles. The van der Waals surface area contributed by atoms with Gasteiger partial charge in [0.05, 0.1) is 11.3 Å². The highest BCUT2D eigenvalue weighted by Gasteiger charge is 2.17. The van der Waals surface area contributed by atoms with Crippen molar-refractivity contribution in [2.24, 2.45) is 0 Å². The molecule has 0 spiro atoms. The van der Waals surface area contributed by atoms with Crippen LogP contribution in [-0.4, -0.2) is 41.6 Å². The van der Waals surface area contributed by atoms with E-state index in [2.05, 4.69) is 55.0 Å². The molecule has 3 heterocycles. The standard InChI is InChI=1S/C22H22IN5O/c1-15-14-28(11-10-24-15)21-8-5-16(13-26-21)22(29)27-17-6-7-19(23)18(12-17)20-4-2-3-9-25-20/h2-9,12-13,15,24H,10-11,14H2,1H3,(H,27,29)/t15-/m1/s1. The number of aromatic nitrogens is 2. The predicted molar refractivity (Wildman–Crippen MR) is 124 cm³/mol. The highest BCUT2D eigenvalue weighted by molar-refractivity contribution is 14.1. The van der Waals surface area contributed by atoms with Crippen LogP contribution in [0, 0.1) is 3.57 Å². The normalized spacial score (nSPS) is 16.5. The Morgan fingerprint density at radius 3 is 2.83 bits per heavy atom. The molecular formula is C22H22IN5O. The van der Waals surface area contributed by atoms with Crippen LogP contribution in [0.4, 0.5) is 11.5 Å². The molecule has 0 radical (unpaired) electrons. The molecule has 1 saturated heterocycles. The Balaban J connectivity index is 1.48. The van der Waals surface area contributed by atoms with Crippen molar-refractivity contribution < 1.29 is 4.79 Å². The number of benzene rings is 1. The molecule has 0 unspecified atom stereocenters. The quantitative estimate of drug-likeness (QED) is 0.535. The summed E-state index contributed by atoms with van der Waals surface area (Å²) in [5.74, 6) is 0.729. The number of nitrogens with one attached hydrogen (secondary N) is 2. The Kier molecular flexibility index (Phi) is 6.05. The molecule has 2 aromatic heterocycles. The summed E-state index contributed by atoms with van der Waals surface area (Å²) in [6, 6.07) is 15.8. The topological polar surface area (TPSA) is 70.2 Å². The van der Waals surface area contributed by atoms with E-state index >= 15 is 0 Å². The smallest absolute Gasteiger partial charge is 0.257 e. The number of rotatable bonds is 4. The maximum absolute atomic E-state index is 12.7. The molecule has 1 aliphatic rings. The fourth-order valence-electron chi connectivity index (χ4n) is 3.37. The lowest BCUT2D eigenvalue weighted by molar-refractivity contribution is 0.102. The van der Waals surface area contributed by atoms with Gasteiger partial charge < -0.3 is 15.5 Å². The maximum atomic E-state index is 12.7. The molecule has 1 amide bonds. The molecule has 0 bridgehead atoms. The molecule has 1 aromatic carbocycles. The predicted octanol–water partition coefficient (Wildman–Crippen LogP) is 3.80. The zero-order valence-corrected chi connectivity index (χ0v) is 18.3. The first kappa shape index (κ1) is 19.8. The lowest BCUT2D eigenvalue weighted by Crippen LogP contribution is -2.49. The Labute approximate surface area is 183 Å². The monoisotopic (exact) mass is 499 g/mol. The van der Waals surface area contributed by atoms with Crippen LogP contribution in [0.3, 0.4) is 0 Å². The van der Waals surface area contributed by atoms with Crippen molar-refractivity contribution in [1.29, 1.82) is 0 Å². The lowest BCUT2D eigenvalue weighted by Gasteiger charge is -2.32. The van der Waals surface area contributed by atoms with Crippen LogP contribution in [0.2, 0.25) is 0 Å². The average Bonchev–Trinajstić information content (AvgIpc) is 2.76. The van der Waals surface area contributed by atoms with Gasteiger partial charge in [0, 0.05) is 52.9 Å². The average molecular weight is 499 g/mol. The molecule has 148 valence electrons. The van der Waals surface area contributed by atoms with E-state index in [-0.39, 0.29) is 5.91 Å². The van der Waals surface area contributed by atoms with Gasteiger partial charge in [-0.15, -0.1) is 0 Å². The van der Waals surface area contributed by atoms with E-state index in [9.17, 15) is 4.79 Å². The third-order valence-corrected chi connectivity index (χ3v) is 5.81.